The summed E-state index contributed by atoms with van der Waals surface area (Å²) in [4.78, 5) is 13.3. The van der Waals surface area contributed by atoms with Gasteiger partial charge in [-0.1, -0.05) is 20.8 Å². The fraction of sp³-hybridized carbons (Fsp3) is 0.562. The van der Waals surface area contributed by atoms with E-state index in [1.807, 2.05) is 6.07 Å². The van der Waals surface area contributed by atoms with E-state index in [2.05, 4.69) is 25.7 Å². The minimum absolute atomic E-state index is 0.179. The molecule has 0 unspecified atom stereocenters. The van der Waals surface area contributed by atoms with Crippen molar-refractivity contribution in [1.82, 2.24) is 0 Å². The molecule has 0 radical (unpaired) electrons. The lowest BCUT2D eigenvalue weighted by Gasteiger charge is -2.39. The number of aromatic carboxylic acids is 1. The van der Waals surface area contributed by atoms with E-state index in [0.717, 1.165) is 24.7 Å². The molecule has 1 aromatic carbocycles. The first-order valence-corrected chi connectivity index (χ1v) is 7.17. The maximum atomic E-state index is 11.0. The van der Waals surface area contributed by atoms with E-state index in [4.69, 9.17) is 10.8 Å². The Balaban J connectivity index is 2.08. The van der Waals surface area contributed by atoms with Crippen LogP contribution in [-0.2, 0) is 0 Å². The molecule has 0 saturated carbocycles. The summed E-state index contributed by atoms with van der Waals surface area (Å²) in [7, 11) is 0. The highest BCUT2D eigenvalue weighted by atomic mass is 16.4. The summed E-state index contributed by atoms with van der Waals surface area (Å²) in [5.41, 5.74) is 7.72. The second-order valence-corrected chi connectivity index (χ2v) is 6.70. The summed E-state index contributed by atoms with van der Waals surface area (Å²) in [6.45, 7) is 8.91. The lowest BCUT2D eigenvalue weighted by molar-refractivity contribution is 0.0698. The van der Waals surface area contributed by atoms with Gasteiger partial charge in [-0.3, -0.25) is 0 Å². The average Bonchev–Trinajstić information content (AvgIpc) is 2.37. The summed E-state index contributed by atoms with van der Waals surface area (Å²) in [5.74, 6) is -0.227. The normalized spacial score (nSPS) is 17.2. The summed E-state index contributed by atoms with van der Waals surface area (Å²) < 4.78 is 0. The number of hydrogen-bond donors (Lipinski definition) is 2. The Labute approximate surface area is 120 Å². The molecular weight excluding hydrogens is 252 g/mol. The Kier molecular flexibility index (Phi) is 3.93. The number of benzene rings is 1. The van der Waals surface area contributed by atoms with Crippen LogP contribution in [0.3, 0.4) is 0 Å². The number of nitrogens with two attached hydrogens (primary N) is 1. The summed E-state index contributed by atoms with van der Waals surface area (Å²) in [6, 6.07) is 5.24. The van der Waals surface area contributed by atoms with Gasteiger partial charge in [-0.15, -0.1) is 0 Å². The van der Waals surface area contributed by atoms with Crippen LogP contribution in [0.25, 0.3) is 0 Å². The summed E-state index contributed by atoms with van der Waals surface area (Å²) in [6.07, 6.45) is 2.34. The van der Waals surface area contributed by atoms with Gasteiger partial charge in [0.2, 0.25) is 0 Å². The van der Waals surface area contributed by atoms with E-state index in [1.54, 1.807) is 12.1 Å². The smallest absolute Gasteiger partial charge is 0.337 e. The third-order valence-corrected chi connectivity index (χ3v) is 4.35. The zero-order valence-corrected chi connectivity index (χ0v) is 12.5. The summed E-state index contributed by atoms with van der Waals surface area (Å²) in [5, 5.41) is 9.00. The highest BCUT2D eigenvalue weighted by molar-refractivity contribution is 5.94. The van der Waals surface area contributed by atoms with Crippen LogP contribution in [0.1, 0.15) is 44.0 Å². The van der Waals surface area contributed by atoms with E-state index in [9.17, 15) is 4.79 Å². The Bertz CT molecular complexity index is 498. The summed E-state index contributed by atoms with van der Waals surface area (Å²) >= 11 is 0. The largest absolute Gasteiger partial charge is 0.478 e. The van der Waals surface area contributed by atoms with Gasteiger partial charge in [0.25, 0.3) is 0 Å². The lowest BCUT2D eigenvalue weighted by atomic mass is 9.75. The Morgan fingerprint density at radius 2 is 1.90 bits per heavy atom. The van der Waals surface area contributed by atoms with E-state index in [1.165, 1.54) is 12.8 Å². The van der Waals surface area contributed by atoms with Crippen LogP contribution in [0.5, 0.6) is 0 Å². The van der Waals surface area contributed by atoms with Gasteiger partial charge >= 0.3 is 5.97 Å². The molecule has 0 spiro atoms. The number of hydrogen-bond acceptors (Lipinski definition) is 3. The van der Waals surface area contributed by atoms with Gasteiger partial charge in [0.1, 0.15) is 0 Å². The number of carboxylic acids is 1. The number of anilines is 2. The van der Waals surface area contributed by atoms with Crippen molar-refractivity contribution in [3.05, 3.63) is 23.8 Å². The van der Waals surface area contributed by atoms with Gasteiger partial charge < -0.3 is 15.7 Å². The van der Waals surface area contributed by atoms with Crippen LogP contribution >= 0.6 is 0 Å². The fourth-order valence-electron chi connectivity index (χ4n) is 2.95. The van der Waals surface area contributed by atoms with Gasteiger partial charge in [-0.25, -0.2) is 4.79 Å². The number of carboxylic acid groups (broad SMARTS) is 1. The number of piperidine rings is 1. The monoisotopic (exact) mass is 276 g/mol. The van der Waals surface area contributed by atoms with Gasteiger partial charge in [0, 0.05) is 24.5 Å². The second kappa shape index (κ2) is 5.35. The van der Waals surface area contributed by atoms with Crippen molar-refractivity contribution in [2.75, 3.05) is 23.7 Å². The molecule has 1 aliphatic rings. The predicted molar refractivity (Wildman–Crippen MR) is 82.2 cm³/mol. The first-order valence-electron chi connectivity index (χ1n) is 7.17. The van der Waals surface area contributed by atoms with E-state index in [-0.39, 0.29) is 5.56 Å². The number of nitrogen functional groups attached to an aromatic ring is 1. The molecule has 4 heteroatoms. The maximum absolute atomic E-state index is 11.0. The quantitative estimate of drug-likeness (QED) is 0.814. The fourth-order valence-corrected chi connectivity index (χ4v) is 2.95. The van der Waals surface area contributed by atoms with Crippen molar-refractivity contribution in [1.29, 1.82) is 0 Å². The molecule has 1 aliphatic heterocycles. The lowest BCUT2D eigenvalue weighted by Crippen LogP contribution is -2.38. The first kappa shape index (κ1) is 14.7. The Morgan fingerprint density at radius 3 is 2.35 bits per heavy atom. The first-order chi connectivity index (χ1) is 9.29. The van der Waals surface area contributed by atoms with Crippen molar-refractivity contribution in [2.45, 2.75) is 33.6 Å². The molecule has 2 rings (SSSR count). The maximum Gasteiger partial charge on any atom is 0.337 e. The van der Waals surface area contributed by atoms with E-state index in [0.29, 0.717) is 11.1 Å². The molecule has 1 heterocycles. The minimum atomic E-state index is -0.972. The topological polar surface area (TPSA) is 66.6 Å². The molecule has 110 valence electrons. The van der Waals surface area contributed by atoms with Crippen LogP contribution < -0.4 is 10.6 Å². The molecule has 1 fully saturated rings. The van der Waals surface area contributed by atoms with Crippen molar-refractivity contribution >= 4 is 17.3 Å². The van der Waals surface area contributed by atoms with E-state index >= 15 is 0 Å². The number of rotatable bonds is 2. The number of carbonyl (C=O) groups is 1. The molecule has 4 nitrogen and oxygen atoms in total. The van der Waals surface area contributed by atoms with Crippen LogP contribution in [0.4, 0.5) is 11.4 Å². The molecule has 1 saturated heterocycles. The van der Waals surface area contributed by atoms with Crippen molar-refractivity contribution in [2.24, 2.45) is 11.3 Å². The molecule has 0 aliphatic carbocycles. The average molecular weight is 276 g/mol. The van der Waals surface area contributed by atoms with Crippen molar-refractivity contribution in [3.8, 4) is 0 Å². The zero-order valence-electron chi connectivity index (χ0n) is 12.5. The van der Waals surface area contributed by atoms with Crippen LogP contribution in [0, 0.1) is 11.3 Å². The molecule has 0 aromatic heterocycles. The van der Waals surface area contributed by atoms with Crippen molar-refractivity contribution < 1.29 is 9.90 Å². The minimum Gasteiger partial charge on any atom is -0.478 e. The molecule has 20 heavy (non-hydrogen) atoms. The van der Waals surface area contributed by atoms with Gasteiger partial charge in [0.05, 0.1) is 5.56 Å². The predicted octanol–water partition coefficient (Wildman–Crippen LogP) is 3.23. The molecule has 3 N–H and O–H groups in total. The SMILES string of the molecule is CC(C)(C)C1CCN(c2ccc(C(=O)O)c(N)c2)CC1. The van der Waals surface area contributed by atoms with Gasteiger partial charge in [0.15, 0.2) is 0 Å². The molecule has 0 atom stereocenters. The molecule has 1 aromatic rings. The highest BCUT2D eigenvalue weighted by Gasteiger charge is 2.28. The second-order valence-electron chi connectivity index (χ2n) is 6.70. The third kappa shape index (κ3) is 3.06. The van der Waals surface area contributed by atoms with Crippen LogP contribution in [0.15, 0.2) is 18.2 Å². The van der Waals surface area contributed by atoms with Gasteiger partial charge in [-0.05, 0) is 42.4 Å². The van der Waals surface area contributed by atoms with E-state index < -0.39 is 5.97 Å². The van der Waals surface area contributed by atoms with Crippen molar-refractivity contribution in [3.63, 3.8) is 0 Å². The Hall–Kier alpha value is -1.71. The standard InChI is InChI=1S/C16H24N2O2/c1-16(2,3)11-6-8-18(9-7-11)12-4-5-13(15(19)20)14(17)10-12/h4-5,10-11H,6-9,17H2,1-3H3,(H,19,20). The molecule has 0 amide bonds. The van der Waals surface area contributed by atoms with Crippen LogP contribution in [-0.4, -0.2) is 24.2 Å². The number of nitrogens with zero attached hydrogens (tertiary/aromatic N) is 1. The third-order valence-electron chi connectivity index (χ3n) is 4.35. The highest BCUT2D eigenvalue weighted by Crippen LogP contribution is 2.36. The zero-order chi connectivity index (χ0) is 14.9. The van der Waals surface area contributed by atoms with Gasteiger partial charge in [-0.2, -0.15) is 0 Å². The molecule has 0 bridgehead atoms. The van der Waals surface area contributed by atoms with Crippen LogP contribution in [0.2, 0.25) is 0 Å². The molecular formula is C16H24N2O2. The Morgan fingerprint density at radius 1 is 1.30 bits per heavy atom.